The van der Waals surface area contributed by atoms with Crippen LogP contribution in [-0.4, -0.2) is 26.5 Å². The van der Waals surface area contributed by atoms with Crippen LogP contribution < -0.4 is 5.32 Å². The molecule has 0 aliphatic carbocycles. The lowest BCUT2D eigenvalue weighted by molar-refractivity contribution is 0.101. The molecule has 1 amide bonds. The fraction of sp³-hybridized carbons (Fsp3) is 0.0588. The van der Waals surface area contributed by atoms with Crippen LogP contribution in [-0.2, 0) is 0 Å². The summed E-state index contributed by atoms with van der Waals surface area (Å²) in [5.41, 5.74) is 2.61. The number of amides is 1. The normalized spacial score (nSPS) is 10.3. The maximum Gasteiger partial charge on any atom is 0.255 e. The minimum absolute atomic E-state index is 0.00780. The molecule has 0 spiro atoms. The molecule has 0 fully saturated rings. The third-order valence-electron chi connectivity index (χ3n) is 3.36. The van der Waals surface area contributed by atoms with Crippen LogP contribution in [0.15, 0.2) is 61.2 Å². The van der Waals surface area contributed by atoms with Crippen LogP contribution in [0.25, 0.3) is 5.69 Å². The summed E-state index contributed by atoms with van der Waals surface area (Å²) in [6, 6.07) is 13.8. The second-order valence-corrected chi connectivity index (χ2v) is 4.97. The molecule has 0 radical (unpaired) electrons. The average Bonchev–Trinajstić information content (AvgIpc) is 3.10. The molecule has 114 valence electrons. The molecule has 0 aliphatic heterocycles. The molecule has 0 saturated carbocycles. The van der Waals surface area contributed by atoms with Crippen molar-refractivity contribution in [3.05, 3.63) is 72.3 Å². The molecule has 1 heterocycles. The van der Waals surface area contributed by atoms with Crippen LogP contribution in [0.5, 0.6) is 0 Å². The fourth-order valence-corrected chi connectivity index (χ4v) is 2.10. The first-order valence-corrected chi connectivity index (χ1v) is 7.01. The van der Waals surface area contributed by atoms with E-state index in [1.807, 2.05) is 0 Å². The smallest absolute Gasteiger partial charge is 0.255 e. The Labute approximate surface area is 132 Å². The zero-order chi connectivity index (χ0) is 16.2. The number of carbonyl (C=O) groups is 2. The van der Waals surface area contributed by atoms with Crippen molar-refractivity contribution >= 4 is 17.4 Å². The quantitative estimate of drug-likeness (QED) is 0.752. The summed E-state index contributed by atoms with van der Waals surface area (Å²) in [5, 5.41) is 6.82. The van der Waals surface area contributed by atoms with Gasteiger partial charge >= 0.3 is 0 Å². The van der Waals surface area contributed by atoms with Crippen molar-refractivity contribution in [3.63, 3.8) is 0 Å². The van der Waals surface area contributed by atoms with E-state index < -0.39 is 0 Å². The van der Waals surface area contributed by atoms with Crippen LogP contribution in [0.3, 0.4) is 0 Å². The molecule has 0 aliphatic rings. The first kappa shape index (κ1) is 14.6. The average molecular weight is 306 g/mol. The van der Waals surface area contributed by atoms with Gasteiger partial charge in [0.1, 0.15) is 12.7 Å². The van der Waals surface area contributed by atoms with E-state index in [2.05, 4.69) is 15.4 Å². The molecule has 1 aromatic heterocycles. The third-order valence-corrected chi connectivity index (χ3v) is 3.36. The van der Waals surface area contributed by atoms with Crippen molar-refractivity contribution in [2.45, 2.75) is 6.92 Å². The number of Topliss-reactive ketones (excluding diaryl/α,β-unsaturated/α-hetero) is 1. The van der Waals surface area contributed by atoms with Gasteiger partial charge in [-0.15, -0.1) is 0 Å². The van der Waals surface area contributed by atoms with E-state index in [4.69, 9.17) is 0 Å². The summed E-state index contributed by atoms with van der Waals surface area (Å²) in [5.74, 6) is -0.225. The molecule has 0 atom stereocenters. The van der Waals surface area contributed by atoms with Gasteiger partial charge in [0.25, 0.3) is 5.91 Å². The highest BCUT2D eigenvalue weighted by molar-refractivity contribution is 6.04. The minimum Gasteiger partial charge on any atom is -0.322 e. The van der Waals surface area contributed by atoms with E-state index in [1.54, 1.807) is 59.5 Å². The van der Waals surface area contributed by atoms with Crippen molar-refractivity contribution in [3.8, 4) is 5.69 Å². The number of benzene rings is 2. The maximum absolute atomic E-state index is 12.2. The lowest BCUT2D eigenvalue weighted by Gasteiger charge is -2.07. The Bertz CT molecular complexity index is 822. The highest BCUT2D eigenvalue weighted by Gasteiger charge is 2.07. The Balaban J connectivity index is 1.71. The van der Waals surface area contributed by atoms with Crippen molar-refractivity contribution in [2.75, 3.05) is 5.32 Å². The monoisotopic (exact) mass is 306 g/mol. The number of hydrogen-bond donors (Lipinski definition) is 1. The summed E-state index contributed by atoms with van der Waals surface area (Å²) < 4.78 is 1.61. The van der Waals surface area contributed by atoms with E-state index in [0.717, 1.165) is 5.69 Å². The van der Waals surface area contributed by atoms with E-state index in [1.165, 1.54) is 13.3 Å². The van der Waals surface area contributed by atoms with E-state index >= 15 is 0 Å². The van der Waals surface area contributed by atoms with Crippen molar-refractivity contribution in [2.24, 2.45) is 0 Å². The Kier molecular flexibility index (Phi) is 3.97. The fourth-order valence-electron chi connectivity index (χ4n) is 2.10. The van der Waals surface area contributed by atoms with Gasteiger partial charge in [-0.2, -0.15) is 5.10 Å². The lowest BCUT2D eigenvalue weighted by atomic mass is 10.1. The molecule has 2 aromatic carbocycles. The standard InChI is InChI=1S/C17H14N4O2/c1-12(22)13-2-6-15(7-3-13)20-17(23)14-4-8-16(9-5-14)21-11-18-10-19-21/h2-11H,1H3,(H,20,23). The zero-order valence-corrected chi connectivity index (χ0v) is 12.4. The van der Waals surface area contributed by atoms with Gasteiger partial charge in [-0.05, 0) is 55.5 Å². The summed E-state index contributed by atoms with van der Waals surface area (Å²) in [4.78, 5) is 27.3. The van der Waals surface area contributed by atoms with E-state index in [9.17, 15) is 9.59 Å². The number of hydrogen-bond acceptors (Lipinski definition) is 4. The molecule has 0 unspecified atom stereocenters. The molecular weight excluding hydrogens is 292 g/mol. The van der Waals surface area contributed by atoms with Gasteiger partial charge in [0.2, 0.25) is 0 Å². The first-order valence-electron chi connectivity index (χ1n) is 7.01. The summed E-state index contributed by atoms with van der Waals surface area (Å²) >= 11 is 0. The van der Waals surface area contributed by atoms with Crippen LogP contribution >= 0.6 is 0 Å². The molecular formula is C17H14N4O2. The number of ketones is 1. The first-order chi connectivity index (χ1) is 11.1. The summed E-state index contributed by atoms with van der Waals surface area (Å²) in [6.07, 6.45) is 3.04. The van der Waals surface area contributed by atoms with Gasteiger partial charge in [0.15, 0.2) is 5.78 Å². The third kappa shape index (κ3) is 3.32. The van der Waals surface area contributed by atoms with Gasteiger partial charge in [-0.3, -0.25) is 9.59 Å². The number of nitrogens with one attached hydrogen (secondary N) is 1. The van der Waals surface area contributed by atoms with Gasteiger partial charge in [-0.1, -0.05) is 0 Å². The maximum atomic E-state index is 12.2. The van der Waals surface area contributed by atoms with Gasteiger partial charge in [0.05, 0.1) is 5.69 Å². The highest BCUT2D eigenvalue weighted by Crippen LogP contribution is 2.13. The van der Waals surface area contributed by atoms with Crippen LogP contribution in [0.4, 0.5) is 5.69 Å². The molecule has 0 bridgehead atoms. The predicted molar refractivity (Wildman–Crippen MR) is 85.8 cm³/mol. The second kappa shape index (κ2) is 6.23. The SMILES string of the molecule is CC(=O)c1ccc(NC(=O)c2ccc(-n3cncn3)cc2)cc1. The Hall–Kier alpha value is -3.28. The van der Waals surface area contributed by atoms with Crippen molar-refractivity contribution in [1.29, 1.82) is 0 Å². The molecule has 0 saturated heterocycles. The van der Waals surface area contributed by atoms with Crippen molar-refractivity contribution in [1.82, 2.24) is 14.8 Å². The van der Waals surface area contributed by atoms with Gasteiger partial charge in [-0.25, -0.2) is 9.67 Å². The Morgan fingerprint density at radius 2 is 1.61 bits per heavy atom. The zero-order valence-electron chi connectivity index (χ0n) is 12.4. The van der Waals surface area contributed by atoms with Gasteiger partial charge in [0, 0.05) is 16.8 Å². The molecule has 3 rings (SSSR count). The van der Waals surface area contributed by atoms with Gasteiger partial charge < -0.3 is 5.32 Å². The number of nitrogens with zero attached hydrogens (tertiary/aromatic N) is 3. The van der Waals surface area contributed by atoms with Crippen molar-refractivity contribution < 1.29 is 9.59 Å². The molecule has 3 aromatic rings. The number of aromatic nitrogens is 3. The highest BCUT2D eigenvalue weighted by atomic mass is 16.1. The Morgan fingerprint density at radius 3 is 2.17 bits per heavy atom. The Morgan fingerprint density at radius 1 is 0.957 bits per heavy atom. The summed E-state index contributed by atoms with van der Waals surface area (Å²) in [7, 11) is 0. The molecule has 23 heavy (non-hydrogen) atoms. The van der Waals surface area contributed by atoms with E-state index in [-0.39, 0.29) is 11.7 Å². The largest absolute Gasteiger partial charge is 0.322 e. The van der Waals surface area contributed by atoms with Crippen LogP contribution in [0.1, 0.15) is 27.6 Å². The number of anilines is 1. The predicted octanol–water partition coefficient (Wildman–Crippen LogP) is 2.72. The minimum atomic E-state index is -0.217. The second-order valence-electron chi connectivity index (χ2n) is 4.97. The molecule has 6 nitrogen and oxygen atoms in total. The summed E-state index contributed by atoms with van der Waals surface area (Å²) in [6.45, 7) is 1.50. The topological polar surface area (TPSA) is 76.9 Å². The number of rotatable bonds is 4. The lowest BCUT2D eigenvalue weighted by Crippen LogP contribution is -2.12. The van der Waals surface area contributed by atoms with Crippen LogP contribution in [0.2, 0.25) is 0 Å². The van der Waals surface area contributed by atoms with Crippen LogP contribution in [0, 0.1) is 0 Å². The number of carbonyl (C=O) groups excluding carboxylic acids is 2. The molecule has 6 heteroatoms. The van der Waals surface area contributed by atoms with E-state index in [0.29, 0.717) is 16.8 Å². The molecule has 1 N–H and O–H groups in total.